The number of hydrogen-bond donors (Lipinski definition) is 2. The molecule has 1 fully saturated rings. The molecule has 0 aliphatic carbocycles. The summed E-state index contributed by atoms with van der Waals surface area (Å²) >= 11 is 0. The van der Waals surface area contributed by atoms with Gasteiger partial charge in [0.2, 0.25) is 5.95 Å². The zero-order chi connectivity index (χ0) is 14.6. The third-order valence-electron chi connectivity index (χ3n) is 3.13. The third kappa shape index (κ3) is 3.89. The number of anilines is 1. The molecule has 1 aliphatic rings. The molecule has 1 amide bonds. The number of nitrogens with zero attached hydrogens (tertiary/aromatic N) is 2. The summed E-state index contributed by atoms with van der Waals surface area (Å²) in [6.07, 6.45) is 3.51. The van der Waals surface area contributed by atoms with Crippen LogP contribution in [0.5, 0.6) is 0 Å². The van der Waals surface area contributed by atoms with E-state index in [9.17, 15) is 13.2 Å². The van der Waals surface area contributed by atoms with E-state index in [4.69, 9.17) is 0 Å². The molecule has 2 heterocycles. The average molecular weight is 298 g/mol. The van der Waals surface area contributed by atoms with E-state index < -0.39 is 9.84 Å². The quantitative estimate of drug-likeness (QED) is 0.798. The van der Waals surface area contributed by atoms with Crippen molar-refractivity contribution in [2.75, 3.05) is 29.9 Å². The Morgan fingerprint density at radius 3 is 2.65 bits per heavy atom. The second-order valence-electron chi connectivity index (χ2n) is 4.80. The second-order valence-corrected chi connectivity index (χ2v) is 7.03. The topological polar surface area (TPSA) is 101 Å². The highest BCUT2D eigenvalue weighted by Crippen LogP contribution is 2.17. The summed E-state index contributed by atoms with van der Waals surface area (Å²) in [5.74, 6) is 0.575. The zero-order valence-corrected chi connectivity index (χ0v) is 12.1. The van der Waals surface area contributed by atoms with Crippen LogP contribution in [-0.2, 0) is 9.84 Å². The Kier molecular flexibility index (Phi) is 4.53. The van der Waals surface area contributed by atoms with Gasteiger partial charge in [-0.05, 0) is 19.3 Å². The smallest absolute Gasteiger partial charge is 0.254 e. The van der Waals surface area contributed by atoms with Gasteiger partial charge >= 0.3 is 0 Å². The fraction of sp³-hybridized carbons (Fsp3) is 0.583. The van der Waals surface area contributed by atoms with Crippen molar-refractivity contribution in [2.24, 2.45) is 5.92 Å². The molecule has 2 rings (SSSR count). The average Bonchev–Trinajstić information content (AvgIpc) is 2.77. The van der Waals surface area contributed by atoms with E-state index in [1.54, 1.807) is 0 Å². The Bertz CT molecular complexity index is 571. The molecule has 0 saturated carbocycles. The highest BCUT2D eigenvalue weighted by molar-refractivity contribution is 7.91. The summed E-state index contributed by atoms with van der Waals surface area (Å²) in [6.45, 7) is 3.01. The Labute approximate surface area is 118 Å². The second kappa shape index (κ2) is 6.17. The van der Waals surface area contributed by atoms with Gasteiger partial charge in [0.25, 0.3) is 5.91 Å². The number of hydrogen-bond acceptors (Lipinski definition) is 6. The number of nitrogens with one attached hydrogen (secondary N) is 2. The van der Waals surface area contributed by atoms with Crippen molar-refractivity contribution in [1.82, 2.24) is 15.3 Å². The molecule has 2 N–H and O–H groups in total. The molecular weight excluding hydrogens is 280 g/mol. The summed E-state index contributed by atoms with van der Waals surface area (Å²) in [6, 6.07) is 0. The van der Waals surface area contributed by atoms with Crippen LogP contribution in [0.4, 0.5) is 5.95 Å². The summed E-state index contributed by atoms with van der Waals surface area (Å²) in [5.41, 5.74) is 0.368. The number of aromatic nitrogens is 2. The van der Waals surface area contributed by atoms with E-state index >= 15 is 0 Å². The van der Waals surface area contributed by atoms with Gasteiger partial charge in [-0.15, -0.1) is 0 Å². The molecule has 0 aromatic carbocycles. The molecule has 0 unspecified atom stereocenters. The maximum atomic E-state index is 11.9. The van der Waals surface area contributed by atoms with Gasteiger partial charge in [-0.3, -0.25) is 4.79 Å². The van der Waals surface area contributed by atoms with E-state index in [0.717, 1.165) is 0 Å². The molecule has 0 bridgehead atoms. The lowest BCUT2D eigenvalue weighted by Gasteiger charge is -2.09. The van der Waals surface area contributed by atoms with Gasteiger partial charge in [-0.1, -0.05) is 0 Å². The van der Waals surface area contributed by atoms with Gasteiger partial charge in [0.1, 0.15) is 0 Å². The van der Waals surface area contributed by atoms with Crippen molar-refractivity contribution in [3.05, 3.63) is 18.0 Å². The van der Waals surface area contributed by atoms with Crippen LogP contribution in [0.15, 0.2) is 12.4 Å². The van der Waals surface area contributed by atoms with E-state index in [2.05, 4.69) is 20.6 Å². The normalized spacial score (nSPS) is 20.6. The van der Waals surface area contributed by atoms with Gasteiger partial charge in [-0.25, -0.2) is 18.4 Å². The van der Waals surface area contributed by atoms with E-state index in [0.29, 0.717) is 31.0 Å². The molecular formula is C12H18N4O3S. The first-order valence-corrected chi connectivity index (χ1v) is 8.37. The van der Waals surface area contributed by atoms with Gasteiger partial charge in [0, 0.05) is 25.5 Å². The number of sulfone groups is 1. The van der Waals surface area contributed by atoms with Crippen molar-refractivity contribution in [3.63, 3.8) is 0 Å². The van der Waals surface area contributed by atoms with Crippen molar-refractivity contribution in [2.45, 2.75) is 13.3 Å². The van der Waals surface area contributed by atoms with Crippen LogP contribution < -0.4 is 10.6 Å². The molecule has 110 valence electrons. The van der Waals surface area contributed by atoms with Gasteiger partial charge in [-0.2, -0.15) is 0 Å². The maximum absolute atomic E-state index is 11.9. The standard InChI is InChI=1S/C12H18N4O3S/c1-2-13-12-15-6-10(7-16-12)11(17)14-5-9-3-4-20(18,19)8-9/h6-7,9H,2-5,8H2,1H3,(H,14,17)(H,13,15,16)/t9-/m0/s1. The highest BCUT2D eigenvalue weighted by Gasteiger charge is 2.28. The van der Waals surface area contributed by atoms with E-state index in [-0.39, 0.29) is 23.3 Å². The minimum absolute atomic E-state index is 0.00546. The van der Waals surface area contributed by atoms with E-state index in [1.807, 2.05) is 6.92 Å². The largest absolute Gasteiger partial charge is 0.355 e. The number of rotatable bonds is 5. The number of carbonyl (C=O) groups excluding carboxylic acids is 1. The summed E-state index contributed by atoms with van der Waals surface area (Å²) in [4.78, 5) is 19.9. The van der Waals surface area contributed by atoms with Crippen LogP contribution in [0, 0.1) is 5.92 Å². The number of amides is 1. The third-order valence-corrected chi connectivity index (χ3v) is 4.96. The minimum Gasteiger partial charge on any atom is -0.355 e. The van der Waals surface area contributed by atoms with Gasteiger partial charge in [0.05, 0.1) is 17.1 Å². The van der Waals surface area contributed by atoms with Gasteiger partial charge in [0.15, 0.2) is 9.84 Å². The first-order chi connectivity index (χ1) is 9.50. The molecule has 20 heavy (non-hydrogen) atoms. The Morgan fingerprint density at radius 1 is 1.40 bits per heavy atom. The van der Waals surface area contributed by atoms with E-state index in [1.165, 1.54) is 12.4 Å². The summed E-state index contributed by atoms with van der Waals surface area (Å²) in [7, 11) is -2.90. The fourth-order valence-corrected chi connectivity index (χ4v) is 3.93. The molecule has 7 nitrogen and oxygen atoms in total. The Balaban J connectivity index is 1.86. The monoisotopic (exact) mass is 298 g/mol. The first kappa shape index (κ1) is 14.7. The summed E-state index contributed by atoms with van der Waals surface area (Å²) < 4.78 is 22.6. The molecule has 0 radical (unpaired) electrons. The predicted octanol–water partition coefficient (Wildman–Crippen LogP) is 0.0729. The molecule has 1 atom stereocenters. The molecule has 1 saturated heterocycles. The molecule has 0 spiro atoms. The lowest BCUT2D eigenvalue weighted by molar-refractivity contribution is 0.0947. The van der Waals surface area contributed by atoms with Crippen LogP contribution in [0.1, 0.15) is 23.7 Å². The first-order valence-electron chi connectivity index (χ1n) is 6.54. The van der Waals surface area contributed by atoms with Crippen molar-refractivity contribution < 1.29 is 13.2 Å². The molecule has 1 aromatic heterocycles. The lowest BCUT2D eigenvalue weighted by atomic mass is 10.1. The van der Waals surface area contributed by atoms with Crippen molar-refractivity contribution >= 4 is 21.7 Å². The Morgan fingerprint density at radius 2 is 2.10 bits per heavy atom. The highest BCUT2D eigenvalue weighted by atomic mass is 32.2. The fourth-order valence-electron chi connectivity index (χ4n) is 2.07. The van der Waals surface area contributed by atoms with Crippen LogP contribution >= 0.6 is 0 Å². The van der Waals surface area contributed by atoms with Crippen LogP contribution in [0.3, 0.4) is 0 Å². The van der Waals surface area contributed by atoms with Gasteiger partial charge < -0.3 is 10.6 Å². The minimum atomic E-state index is -2.90. The van der Waals surface area contributed by atoms with Crippen molar-refractivity contribution in [3.8, 4) is 0 Å². The lowest BCUT2D eigenvalue weighted by Crippen LogP contribution is -2.30. The predicted molar refractivity (Wildman–Crippen MR) is 75.3 cm³/mol. The Hall–Kier alpha value is -1.70. The van der Waals surface area contributed by atoms with Crippen LogP contribution in [0.2, 0.25) is 0 Å². The van der Waals surface area contributed by atoms with Crippen LogP contribution in [0.25, 0.3) is 0 Å². The molecule has 1 aliphatic heterocycles. The van der Waals surface area contributed by atoms with Crippen LogP contribution in [-0.4, -0.2) is 48.9 Å². The molecule has 8 heteroatoms. The summed E-state index contributed by atoms with van der Waals surface area (Å²) in [5, 5.41) is 5.67. The zero-order valence-electron chi connectivity index (χ0n) is 11.3. The number of carbonyl (C=O) groups is 1. The SMILES string of the molecule is CCNc1ncc(C(=O)NC[C@@H]2CCS(=O)(=O)C2)cn1. The van der Waals surface area contributed by atoms with Crippen molar-refractivity contribution in [1.29, 1.82) is 0 Å². The molecule has 1 aromatic rings. The maximum Gasteiger partial charge on any atom is 0.254 e.